The van der Waals surface area contributed by atoms with Gasteiger partial charge in [0.1, 0.15) is 0 Å². The molecule has 0 saturated heterocycles. The molecule has 1 atom stereocenters. The molecule has 0 aliphatic rings. The minimum atomic E-state index is -5.09. The minimum Gasteiger partial charge on any atom is -0.275 e. The number of hydrogen-bond donors (Lipinski definition) is 1. The molecule has 0 amide bonds. The lowest BCUT2D eigenvalue weighted by Gasteiger charge is -2.12. The molecule has 1 heterocycles. The number of alkyl halides is 3. The summed E-state index contributed by atoms with van der Waals surface area (Å²) >= 11 is 0. The average molecular weight is 303 g/mol. The van der Waals surface area contributed by atoms with E-state index in [0.717, 1.165) is 17.7 Å². The van der Waals surface area contributed by atoms with Crippen molar-refractivity contribution >= 4 is 9.73 Å². The van der Waals surface area contributed by atoms with Gasteiger partial charge in [-0.05, 0) is 24.6 Å². The maximum Gasteiger partial charge on any atom is 0.483 e. The zero-order valence-electron chi connectivity index (χ0n) is 10.7. The van der Waals surface area contributed by atoms with E-state index in [1.165, 1.54) is 6.07 Å². The molecule has 0 radical (unpaired) electrons. The Hall–Kier alpha value is -1.83. The summed E-state index contributed by atoms with van der Waals surface area (Å²) in [6.07, 6.45) is 1.73. The third-order valence-corrected chi connectivity index (χ3v) is 4.35. The van der Waals surface area contributed by atoms with E-state index in [2.05, 4.69) is 5.10 Å². The van der Waals surface area contributed by atoms with Crippen LogP contribution in [-0.2, 0) is 16.8 Å². The third-order valence-electron chi connectivity index (χ3n) is 2.78. The van der Waals surface area contributed by atoms with E-state index in [9.17, 15) is 17.4 Å². The van der Waals surface area contributed by atoms with Crippen LogP contribution in [0.3, 0.4) is 0 Å². The second-order valence-electron chi connectivity index (χ2n) is 4.36. The molecule has 0 bridgehead atoms. The van der Waals surface area contributed by atoms with Crippen molar-refractivity contribution in [2.24, 2.45) is 7.05 Å². The highest BCUT2D eigenvalue weighted by molar-refractivity contribution is 7.93. The molecule has 1 aromatic heterocycles. The lowest BCUT2D eigenvalue weighted by Crippen LogP contribution is -2.21. The van der Waals surface area contributed by atoms with E-state index < -0.39 is 20.1 Å². The van der Waals surface area contributed by atoms with Crippen LogP contribution in [0.15, 0.2) is 35.4 Å². The maximum absolute atomic E-state index is 12.7. The van der Waals surface area contributed by atoms with E-state index in [4.69, 9.17) is 4.78 Å². The molecule has 1 unspecified atom stereocenters. The molecule has 2 rings (SSSR count). The van der Waals surface area contributed by atoms with Crippen LogP contribution < -0.4 is 0 Å². The first-order valence-corrected chi connectivity index (χ1v) is 7.14. The van der Waals surface area contributed by atoms with Gasteiger partial charge in [0.05, 0.1) is 10.6 Å². The molecule has 20 heavy (non-hydrogen) atoms. The Labute approximate surface area is 114 Å². The van der Waals surface area contributed by atoms with Crippen LogP contribution in [0, 0.1) is 11.7 Å². The van der Waals surface area contributed by atoms with Gasteiger partial charge < -0.3 is 0 Å². The van der Waals surface area contributed by atoms with Crippen LogP contribution in [0.5, 0.6) is 0 Å². The Balaban J connectivity index is 2.57. The van der Waals surface area contributed by atoms with Gasteiger partial charge >= 0.3 is 5.51 Å². The number of nitrogens with zero attached hydrogens (tertiary/aromatic N) is 2. The number of benzene rings is 1. The van der Waals surface area contributed by atoms with Gasteiger partial charge in [0, 0.05) is 18.8 Å². The molecule has 108 valence electrons. The third kappa shape index (κ3) is 2.43. The summed E-state index contributed by atoms with van der Waals surface area (Å²) in [4.78, 5) is -0.562. The van der Waals surface area contributed by atoms with Crippen molar-refractivity contribution in [2.75, 3.05) is 0 Å². The SMILES string of the molecule is Cc1cn(C)nc1-c1cccc(S(=N)(=O)C(F)(F)F)c1. The Morgan fingerprint density at radius 1 is 1.35 bits per heavy atom. The van der Waals surface area contributed by atoms with Crippen LogP contribution >= 0.6 is 0 Å². The van der Waals surface area contributed by atoms with Gasteiger partial charge in [0.15, 0.2) is 9.73 Å². The summed E-state index contributed by atoms with van der Waals surface area (Å²) in [6.45, 7) is 1.77. The summed E-state index contributed by atoms with van der Waals surface area (Å²) in [5, 5.41) is 4.15. The quantitative estimate of drug-likeness (QED) is 0.925. The molecule has 0 aliphatic heterocycles. The molecule has 0 spiro atoms. The number of hydrogen-bond acceptors (Lipinski definition) is 3. The zero-order valence-corrected chi connectivity index (χ0v) is 11.5. The van der Waals surface area contributed by atoms with E-state index in [1.807, 2.05) is 0 Å². The largest absolute Gasteiger partial charge is 0.483 e. The van der Waals surface area contributed by atoms with Gasteiger partial charge in [0.2, 0.25) is 0 Å². The predicted octanol–water partition coefficient (Wildman–Crippen LogP) is 3.32. The first-order chi connectivity index (χ1) is 9.13. The summed E-state index contributed by atoms with van der Waals surface area (Å²) in [6, 6.07) is 5.08. The summed E-state index contributed by atoms with van der Waals surface area (Å²) in [7, 11) is -3.15. The highest BCUT2D eigenvalue weighted by atomic mass is 32.2. The van der Waals surface area contributed by atoms with E-state index in [0.29, 0.717) is 11.3 Å². The van der Waals surface area contributed by atoms with Crippen molar-refractivity contribution in [2.45, 2.75) is 17.3 Å². The van der Waals surface area contributed by atoms with Crippen LogP contribution in [0.1, 0.15) is 5.56 Å². The average Bonchev–Trinajstić information content (AvgIpc) is 2.67. The van der Waals surface area contributed by atoms with Gasteiger partial charge in [-0.1, -0.05) is 12.1 Å². The van der Waals surface area contributed by atoms with Crippen molar-refractivity contribution in [3.05, 3.63) is 36.0 Å². The summed E-state index contributed by atoms with van der Waals surface area (Å²) < 4.78 is 58.2. The fourth-order valence-electron chi connectivity index (χ4n) is 1.85. The normalized spacial score (nSPS) is 15.1. The van der Waals surface area contributed by atoms with Gasteiger partial charge in [-0.15, -0.1) is 0 Å². The molecule has 0 fully saturated rings. The number of rotatable bonds is 2. The Kier molecular flexibility index (Phi) is 3.37. The van der Waals surface area contributed by atoms with E-state index in [1.54, 1.807) is 30.9 Å². The zero-order chi connectivity index (χ0) is 15.1. The monoisotopic (exact) mass is 303 g/mol. The molecule has 8 heteroatoms. The van der Waals surface area contributed by atoms with Crippen LogP contribution in [0.25, 0.3) is 11.3 Å². The molecule has 1 N–H and O–H groups in total. The molecule has 2 aromatic rings. The number of aromatic nitrogens is 2. The first-order valence-electron chi connectivity index (χ1n) is 5.59. The fraction of sp³-hybridized carbons (Fsp3) is 0.250. The highest BCUT2D eigenvalue weighted by Gasteiger charge is 2.43. The topological polar surface area (TPSA) is 58.7 Å². The molecular weight excluding hydrogens is 291 g/mol. The number of nitrogens with one attached hydrogen (secondary N) is 1. The first kappa shape index (κ1) is 14.6. The van der Waals surface area contributed by atoms with Crippen molar-refractivity contribution in [3.63, 3.8) is 0 Å². The fourth-order valence-corrected chi connectivity index (χ4v) is 2.68. The smallest absolute Gasteiger partial charge is 0.275 e. The second kappa shape index (κ2) is 4.62. The second-order valence-corrected chi connectivity index (χ2v) is 6.41. The molecule has 1 aromatic carbocycles. The van der Waals surface area contributed by atoms with Gasteiger partial charge in [-0.3, -0.25) is 4.68 Å². The van der Waals surface area contributed by atoms with E-state index in [-0.39, 0.29) is 0 Å². The molecular formula is C12H12F3N3OS. The van der Waals surface area contributed by atoms with Gasteiger partial charge in [-0.25, -0.2) is 8.99 Å². The van der Waals surface area contributed by atoms with Gasteiger partial charge in [0.25, 0.3) is 0 Å². The summed E-state index contributed by atoms with van der Waals surface area (Å²) in [5.74, 6) is 0. The summed E-state index contributed by atoms with van der Waals surface area (Å²) in [5.41, 5.74) is -3.39. The highest BCUT2D eigenvalue weighted by Crippen LogP contribution is 2.33. The predicted molar refractivity (Wildman–Crippen MR) is 68.6 cm³/mol. The van der Waals surface area contributed by atoms with Crippen LogP contribution in [0.2, 0.25) is 0 Å². The number of halogens is 3. The lowest BCUT2D eigenvalue weighted by molar-refractivity contribution is -0.0406. The Morgan fingerprint density at radius 3 is 2.50 bits per heavy atom. The maximum atomic E-state index is 12.7. The van der Waals surface area contributed by atoms with Crippen LogP contribution in [-0.4, -0.2) is 19.5 Å². The number of aryl methyl sites for hydroxylation is 2. The molecule has 4 nitrogen and oxygen atoms in total. The minimum absolute atomic E-state index is 0.407. The standard InChI is InChI=1S/C12H12F3N3OS/c1-8-7-18(2)17-11(8)9-4-3-5-10(6-9)20(16,19)12(13,14)15/h3-7,16H,1-2H3. The Morgan fingerprint density at radius 2 is 2.00 bits per heavy atom. The van der Waals surface area contributed by atoms with Crippen LogP contribution in [0.4, 0.5) is 13.2 Å². The Bertz CT molecular complexity index is 748. The molecule has 0 aliphatic carbocycles. The molecule has 0 saturated carbocycles. The lowest BCUT2D eigenvalue weighted by atomic mass is 10.1. The van der Waals surface area contributed by atoms with Crippen molar-refractivity contribution in [1.29, 1.82) is 4.78 Å². The van der Waals surface area contributed by atoms with Crippen molar-refractivity contribution in [3.8, 4) is 11.3 Å². The van der Waals surface area contributed by atoms with Gasteiger partial charge in [-0.2, -0.15) is 18.3 Å². The van der Waals surface area contributed by atoms with E-state index >= 15 is 0 Å². The van der Waals surface area contributed by atoms with Crippen molar-refractivity contribution in [1.82, 2.24) is 9.78 Å². The van der Waals surface area contributed by atoms with Crippen molar-refractivity contribution < 1.29 is 17.4 Å².